The first-order chi connectivity index (χ1) is 10.4. The number of aryl methyl sites for hydroxylation is 1. The molecule has 3 N–H and O–H groups in total. The van der Waals surface area contributed by atoms with Gasteiger partial charge >= 0.3 is 0 Å². The molecule has 1 saturated carbocycles. The Morgan fingerprint density at radius 1 is 1.26 bits per heavy atom. The Kier molecular flexibility index (Phi) is 5.41. The summed E-state index contributed by atoms with van der Waals surface area (Å²) in [5, 5.41) is 0.773. The third-order valence-corrected chi connectivity index (χ3v) is 6.34. The van der Waals surface area contributed by atoms with Crippen LogP contribution in [0.3, 0.4) is 0 Å². The molecule has 0 amide bonds. The van der Waals surface area contributed by atoms with E-state index < -0.39 is 10.0 Å². The summed E-state index contributed by atoms with van der Waals surface area (Å²) in [7, 11) is -1.65. The van der Waals surface area contributed by atoms with Crippen LogP contribution in [0.1, 0.15) is 31.4 Å². The summed E-state index contributed by atoms with van der Waals surface area (Å²) >= 11 is 0. The Bertz CT molecular complexity index is 801. The summed E-state index contributed by atoms with van der Waals surface area (Å²) in [4.78, 5) is 0.393. The molecule has 0 saturated heterocycles. The van der Waals surface area contributed by atoms with Gasteiger partial charge in [0.15, 0.2) is 0 Å². The molecule has 1 heterocycles. The zero-order chi connectivity index (χ0) is 15.9. The lowest BCUT2D eigenvalue weighted by Crippen LogP contribution is -2.42. The topological polar surface area (TPSA) is 77.1 Å². The highest BCUT2D eigenvalue weighted by Crippen LogP contribution is 2.29. The van der Waals surface area contributed by atoms with E-state index in [1.54, 1.807) is 0 Å². The summed E-state index contributed by atoms with van der Waals surface area (Å²) in [6.45, 7) is 1.85. The number of benzene rings is 1. The van der Waals surface area contributed by atoms with Gasteiger partial charge in [-0.2, -0.15) is 0 Å². The molecule has 2 unspecified atom stereocenters. The van der Waals surface area contributed by atoms with Gasteiger partial charge in [-0.3, -0.25) is 0 Å². The molecule has 1 aliphatic rings. The van der Waals surface area contributed by atoms with Crippen LogP contribution in [-0.4, -0.2) is 25.1 Å². The number of sulfonamides is 1. The lowest BCUT2D eigenvalue weighted by molar-refractivity contribution is 0.371. The molecule has 2 aromatic rings. The quantitative estimate of drug-likeness (QED) is 0.885. The highest BCUT2D eigenvalue weighted by Gasteiger charge is 2.28. The SMILES string of the molecule is Cc1c(S(=O)(=O)NC2CCCC(N)C2)c2ccccc2n1C.Cl. The molecule has 23 heavy (non-hydrogen) atoms. The van der Waals surface area contributed by atoms with Crippen LogP contribution in [0, 0.1) is 6.92 Å². The van der Waals surface area contributed by atoms with Crippen molar-refractivity contribution in [3.8, 4) is 0 Å². The number of fused-ring (bicyclic) bond motifs is 1. The van der Waals surface area contributed by atoms with E-state index >= 15 is 0 Å². The molecule has 3 rings (SSSR count). The van der Waals surface area contributed by atoms with Gasteiger partial charge in [0.1, 0.15) is 4.90 Å². The van der Waals surface area contributed by atoms with Crippen molar-refractivity contribution in [3.63, 3.8) is 0 Å². The van der Waals surface area contributed by atoms with Crippen LogP contribution in [0.4, 0.5) is 0 Å². The first kappa shape index (κ1) is 18.3. The number of rotatable bonds is 3. The number of nitrogens with two attached hydrogens (primary N) is 1. The second kappa shape index (κ2) is 6.81. The maximum absolute atomic E-state index is 12.9. The van der Waals surface area contributed by atoms with E-state index in [0.717, 1.165) is 35.9 Å². The van der Waals surface area contributed by atoms with Crippen molar-refractivity contribution in [2.75, 3.05) is 0 Å². The van der Waals surface area contributed by atoms with Crippen molar-refractivity contribution in [1.29, 1.82) is 0 Å². The Labute approximate surface area is 143 Å². The number of hydrogen-bond acceptors (Lipinski definition) is 3. The first-order valence-corrected chi connectivity index (χ1v) is 9.20. The fourth-order valence-electron chi connectivity index (χ4n) is 3.44. The van der Waals surface area contributed by atoms with E-state index in [1.165, 1.54) is 0 Å². The third kappa shape index (κ3) is 3.40. The molecular weight excluding hydrogens is 334 g/mol. The van der Waals surface area contributed by atoms with Gasteiger partial charge in [0, 0.05) is 35.7 Å². The number of para-hydroxylation sites is 1. The fourth-order valence-corrected chi connectivity index (χ4v) is 5.20. The largest absolute Gasteiger partial charge is 0.347 e. The van der Waals surface area contributed by atoms with Gasteiger partial charge < -0.3 is 10.3 Å². The van der Waals surface area contributed by atoms with Gasteiger partial charge in [0.25, 0.3) is 0 Å². The maximum atomic E-state index is 12.9. The molecular formula is C16H24ClN3O2S. The Morgan fingerprint density at radius 3 is 2.65 bits per heavy atom. The second-order valence-corrected chi connectivity index (χ2v) is 7.89. The number of hydrogen-bond donors (Lipinski definition) is 2. The van der Waals surface area contributed by atoms with Crippen LogP contribution < -0.4 is 10.5 Å². The van der Waals surface area contributed by atoms with Gasteiger partial charge in [0.05, 0.1) is 0 Å². The Hall–Kier alpha value is -1.08. The van der Waals surface area contributed by atoms with Crippen molar-refractivity contribution in [3.05, 3.63) is 30.0 Å². The van der Waals surface area contributed by atoms with Crippen LogP contribution >= 0.6 is 12.4 Å². The van der Waals surface area contributed by atoms with Crippen LogP contribution in [0.2, 0.25) is 0 Å². The first-order valence-electron chi connectivity index (χ1n) is 7.72. The van der Waals surface area contributed by atoms with E-state index in [2.05, 4.69) is 4.72 Å². The monoisotopic (exact) mass is 357 g/mol. The van der Waals surface area contributed by atoms with E-state index in [9.17, 15) is 8.42 Å². The average molecular weight is 358 g/mol. The zero-order valence-electron chi connectivity index (χ0n) is 13.5. The van der Waals surface area contributed by atoms with Crippen LogP contribution in [-0.2, 0) is 17.1 Å². The number of nitrogens with zero attached hydrogens (tertiary/aromatic N) is 1. The molecule has 7 heteroatoms. The highest BCUT2D eigenvalue weighted by atomic mass is 35.5. The van der Waals surface area contributed by atoms with Gasteiger partial charge in [-0.1, -0.05) is 24.6 Å². The predicted octanol–water partition coefficient (Wildman–Crippen LogP) is 2.46. The number of nitrogens with one attached hydrogen (secondary N) is 1. The smallest absolute Gasteiger partial charge is 0.243 e. The van der Waals surface area contributed by atoms with Crippen molar-refractivity contribution in [2.24, 2.45) is 12.8 Å². The van der Waals surface area contributed by atoms with E-state index in [-0.39, 0.29) is 24.5 Å². The van der Waals surface area contributed by atoms with Crippen molar-refractivity contribution in [2.45, 2.75) is 49.6 Å². The molecule has 1 aromatic carbocycles. The number of halogens is 1. The minimum atomic E-state index is -3.55. The molecule has 0 bridgehead atoms. The van der Waals surface area contributed by atoms with Crippen LogP contribution in [0.25, 0.3) is 10.9 Å². The third-order valence-electron chi connectivity index (χ3n) is 4.65. The summed E-state index contributed by atoms with van der Waals surface area (Å²) in [5.74, 6) is 0. The van der Waals surface area contributed by atoms with Gasteiger partial charge in [-0.25, -0.2) is 13.1 Å². The normalized spacial score (nSPS) is 22.0. The predicted molar refractivity (Wildman–Crippen MR) is 95.5 cm³/mol. The van der Waals surface area contributed by atoms with Crippen molar-refractivity contribution < 1.29 is 8.42 Å². The van der Waals surface area contributed by atoms with E-state index in [1.807, 2.05) is 42.8 Å². The molecule has 2 atom stereocenters. The number of aromatic nitrogens is 1. The van der Waals surface area contributed by atoms with Gasteiger partial charge in [0.2, 0.25) is 10.0 Å². The lowest BCUT2D eigenvalue weighted by atomic mass is 9.92. The van der Waals surface area contributed by atoms with E-state index in [4.69, 9.17) is 5.73 Å². The van der Waals surface area contributed by atoms with Crippen molar-refractivity contribution in [1.82, 2.24) is 9.29 Å². The summed E-state index contributed by atoms with van der Waals surface area (Å²) in [5.41, 5.74) is 7.66. The van der Waals surface area contributed by atoms with Crippen LogP contribution in [0.15, 0.2) is 29.2 Å². The average Bonchev–Trinajstić information content (AvgIpc) is 2.71. The highest BCUT2D eigenvalue weighted by molar-refractivity contribution is 7.89. The second-order valence-electron chi connectivity index (χ2n) is 6.24. The van der Waals surface area contributed by atoms with Gasteiger partial charge in [-0.15, -0.1) is 12.4 Å². The fraction of sp³-hybridized carbons (Fsp3) is 0.500. The summed E-state index contributed by atoms with van der Waals surface area (Å²) in [6, 6.07) is 7.63. The molecule has 1 fully saturated rings. The molecule has 128 valence electrons. The standard InChI is InChI=1S/C16H23N3O2S.ClH/c1-11-16(14-8-3-4-9-15(14)19(11)2)22(20,21)18-13-7-5-6-12(17)10-13;/h3-4,8-9,12-13,18H,5-7,10,17H2,1-2H3;1H. The van der Waals surface area contributed by atoms with Crippen molar-refractivity contribution >= 4 is 33.3 Å². The molecule has 5 nitrogen and oxygen atoms in total. The zero-order valence-corrected chi connectivity index (χ0v) is 15.1. The minimum Gasteiger partial charge on any atom is -0.347 e. The molecule has 0 spiro atoms. The Balaban J connectivity index is 0.00000192. The maximum Gasteiger partial charge on any atom is 0.243 e. The van der Waals surface area contributed by atoms with Crippen LogP contribution in [0.5, 0.6) is 0 Å². The Morgan fingerprint density at radius 2 is 1.96 bits per heavy atom. The summed E-state index contributed by atoms with van der Waals surface area (Å²) in [6.07, 6.45) is 3.52. The molecule has 1 aliphatic carbocycles. The molecule has 0 radical (unpaired) electrons. The molecule has 1 aromatic heterocycles. The molecule has 0 aliphatic heterocycles. The lowest BCUT2D eigenvalue weighted by Gasteiger charge is -2.27. The van der Waals surface area contributed by atoms with E-state index in [0.29, 0.717) is 11.3 Å². The summed E-state index contributed by atoms with van der Waals surface area (Å²) < 4.78 is 30.6. The van der Waals surface area contributed by atoms with Gasteiger partial charge in [-0.05, 0) is 32.3 Å². The minimum absolute atomic E-state index is 0.